The van der Waals surface area contributed by atoms with Crippen LogP contribution in [0.4, 0.5) is 5.69 Å². The van der Waals surface area contributed by atoms with E-state index in [1.807, 2.05) is 24.3 Å². The van der Waals surface area contributed by atoms with Gasteiger partial charge in [-0.3, -0.25) is 10.1 Å². The van der Waals surface area contributed by atoms with Crippen molar-refractivity contribution in [3.63, 3.8) is 0 Å². The molecule has 0 aliphatic heterocycles. The number of anilines is 1. The molecule has 2 N–H and O–H groups in total. The summed E-state index contributed by atoms with van der Waals surface area (Å²) in [5.41, 5.74) is 3.34. The van der Waals surface area contributed by atoms with E-state index in [1.54, 1.807) is 42.5 Å². The molecule has 0 radical (unpaired) electrons. The summed E-state index contributed by atoms with van der Waals surface area (Å²) < 4.78 is 0. The molecule has 1 aromatic heterocycles. The second kappa shape index (κ2) is 8.16. The molecule has 6 nitrogen and oxygen atoms in total. The highest BCUT2D eigenvalue weighted by Crippen LogP contribution is 2.18. The monoisotopic (exact) mass is 441 g/mol. The van der Waals surface area contributed by atoms with E-state index in [4.69, 9.17) is 35.4 Å². The number of nitrogens with one attached hydrogen (secondary N) is 2. The molecular formula is C20H13Cl2N5OS. The molecular weight excluding hydrogens is 429 g/mol. The summed E-state index contributed by atoms with van der Waals surface area (Å²) in [6.07, 6.45) is 0. The van der Waals surface area contributed by atoms with Crippen molar-refractivity contribution in [2.24, 2.45) is 0 Å². The van der Waals surface area contributed by atoms with Crippen LogP contribution in [0.2, 0.25) is 10.0 Å². The Bertz CT molecular complexity index is 1210. The number of rotatable bonds is 3. The minimum Gasteiger partial charge on any atom is -0.332 e. The number of fused-ring (bicyclic) bond motifs is 1. The van der Waals surface area contributed by atoms with Gasteiger partial charge in [-0.15, -0.1) is 10.2 Å². The highest BCUT2D eigenvalue weighted by atomic mass is 35.5. The van der Waals surface area contributed by atoms with E-state index in [0.29, 0.717) is 26.8 Å². The maximum Gasteiger partial charge on any atom is 0.257 e. The first-order chi connectivity index (χ1) is 14.0. The first-order valence-corrected chi connectivity index (χ1v) is 9.65. The van der Waals surface area contributed by atoms with E-state index in [9.17, 15) is 4.79 Å². The van der Waals surface area contributed by atoms with Crippen LogP contribution in [0.5, 0.6) is 0 Å². The third-order valence-electron chi connectivity index (χ3n) is 4.03. The largest absolute Gasteiger partial charge is 0.332 e. The lowest BCUT2D eigenvalue weighted by atomic mass is 10.2. The third-order valence-corrected chi connectivity index (χ3v) is 4.74. The van der Waals surface area contributed by atoms with Crippen LogP contribution >= 0.6 is 35.4 Å². The summed E-state index contributed by atoms with van der Waals surface area (Å²) in [7, 11) is 0. The molecule has 0 spiro atoms. The van der Waals surface area contributed by atoms with Crippen molar-refractivity contribution < 1.29 is 4.79 Å². The highest BCUT2D eigenvalue weighted by molar-refractivity contribution is 7.80. The van der Waals surface area contributed by atoms with Crippen molar-refractivity contribution in [3.8, 4) is 5.69 Å². The quantitative estimate of drug-likeness (QED) is 0.444. The smallest absolute Gasteiger partial charge is 0.257 e. The molecule has 3 aromatic carbocycles. The molecule has 9 heteroatoms. The molecule has 0 saturated carbocycles. The standard InChI is InChI=1S/C20H13Cl2N5OS/c21-13-3-1-12(2-4-13)19(28)24-20(29)23-15-7-10-17-18(11-15)26-27(25-17)16-8-5-14(22)6-9-16/h1-11H,(H2,23,24,28,29). The van der Waals surface area contributed by atoms with E-state index in [2.05, 4.69) is 20.8 Å². The minimum absolute atomic E-state index is 0.175. The first kappa shape index (κ1) is 19.3. The van der Waals surface area contributed by atoms with E-state index in [-0.39, 0.29) is 11.0 Å². The number of thiocarbonyl (C=S) groups is 1. The second-order valence-electron chi connectivity index (χ2n) is 6.08. The zero-order valence-electron chi connectivity index (χ0n) is 14.8. The number of halogens is 2. The van der Waals surface area contributed by atoms with Gasteiger partial charge in [-0.2, -0.15) is 4.80 Å². The van der Waals surface area contributed by atoms with Gasteiger partial charge in [-0.1, -0.05) is 23.2 Å². The molecule has 0 aliphatic carbocycles. The molecule has 0 atom stereocenters. The molecule has 0 unspecified atom stereocenters. The van der Waals surface area contributed by atoms with Crippen LogP contribution in [0.1, 0.15) is 10.4 Å². The van der Waals surface area contributed by atoms with Crippen molar-refractivity contribution in [2.45, 2.75) is 0 Å². The molecule has 4 rings (SSSR count). The van der Waals surface area contributed by atoms with Crippen LogP contribution in [-0.2, 0) is 0 Å². The van der Waals surface area contributed by atoms with Gasteiger partial charge in [0.1, 0.15) is 11.0 Å². The lowest BCUT2D eigenvalue weighted by Gasteiger charge is -2.09. The molecule has 0 fully saturated rings. The molecule has 0 saturated heterocycles. The Labute approximate surface area is 181 Å². The lowest BCUT2D eigenvalue weighted by molar-refractivity contribution is 0.0978. The fraction of sp³-hybridized carbons (Fsp3) is 0. The molecule has 144 valence electrons. The summed E-state index contributed by atoms with van der Waals surface area (Å²) in [5, 5.41) is 15.9. The van der Waals surface area contributed by atoms with Crippen LogP contribution in [0.15, 0.2) is 66.7 Å². The maximum atomic E-state index is 12.2. The van der Waals surface area contributed by atoms with E-state index in [1.165, 1.54) is 4.80 Å². The Morgan fingerprint density at radius 3 is 2.17 bits per heavy atom. The van der Waals surface area contributed by atoms with Gasteiger partial charge in [0.05, 0.1) is 5.69 Å². The van der Waals surface area contributed by atoms with E-state index in [0.717, 1.165) is 11.2 Å². The van der Waals surface area contributed by atoms with Crippen LogP contribution in [0.25, 0.3) is 16.7 Å². The fourth-order valence-electron chi connectivity index (χ4n) is 2.62. The zero-order valence-corrected chi connectivity index (χ0v) is 17.1. The Morgan fingerprint density at radius 2 is 1.48 bits per heavy atom. The topological polar surface area (TPSA) is 71.8 Å². The number of nitrogens with zero attached hydrogens (tertiary/aromatic N) is 3. The van der Waals surface area contributed by atoms with Crippen LogP contribution in [0.3, 0.4) is 0 Å². The number of amides is 1. The van der Waals surface area contributed by atoms with Crippen molar-refractivity contribution in [2.75, 3.05) is 5.32 Å². The van der Waals surface area contributed by atoms with Gasteiger partial charge in [0, 0.05) is 21.3 Å². The van der Waals surface area contributed by atoms with Gasteiger partial charge in [-0.25, -0.2) is 0 Å². The lowest BCUT2D eigenvalue weighted by Crippen LogP contribution is -2.34. The molecule has 1 heterocycles. The predicted octanol–water partition coefficient (Wildman–Crippen LogP) is 4.85. The van der Waals surface area contributed by atoms with Crippen molar-refractivity contribution in [1.82, 2.24) is 20.3 Å². The van der Waals surface area contributed by atoms with Crippen molar-refractivity contribution in [3.05, 3.63) is 82.3 Å². The summed E-state index contributed by atoms with van der Waals surface area (Å²) in [4.78, 5) is 13.8. The van der Waals surface area contributed by atoms with Crippen LogP contribution < -0.4 is 10.6 Å². The number of benzene rings is 3. The SMILES string of the molecule is O=C(NC(=S)Nc1ccc2nn(-c3ccc(Cl)cc3)nc2c1)c1ccc(Cl)cc1. The third kappa shape index (κ3) is 4.54. The average Bonchev–Trinajstić information content (AvgIpc) is 3.12. The zero-order chi connectivity index (χ0) is 20.4. The summed E-state index contributed by atoms with van der Waals surface area (Å²) in [5.74, 6) is -0.325. The van der Waals surface area contributed by atoms with Gasteiger partial charge in [-0.05, 0) is 78.9 Å². The number of carbonyl (C=O) groups excluding carboxylic acids is 1. The van der Waals surface area contributed by atoms with Gasteiger partial charge < -0.3 is 5.32 Å². The van der Waals surface area contributed by atoms with Gasteiger partial charge in [0.2, 0.25) is 0 Å². The molecule has 0 bridgehead atoms. The highest BCUT2D eigenvalue weighted by Gasteiger charge is 2.10. The maximum absolute atomic E-state index is 12.2. The van der Waals surface area contributed by atoms with Gasteiger partial charge >= 0.3 is 0 Å². The summed E-state index contributed by atoms with van der Waals surface area (Å²) >= 11 is 17.0. The molecule has 29 heavy (non-hydrogen) atoms. The number of hydrogen-bond donors (Lipinski definition) is 2. The van der Waals surface area contributed by atoms with Crippen molar-refractivity contribution >= 4 is 63.2 Å². The van der Waals surface area contributed by atoms with Gasteiger partial charge in [0.25, 0.3) is 5.91 Å². The molecule has 4 aromatic rings. The average molecular weight is 442 g/mol. The predicted molar refractivity (Wildman–Crippen MR) is 119 cm³/mol. The van der Waals surface area contributed by atoms with Crippen LogP contribution in [-0.4, -0.2) is 26.0 Å². The van der Waals surface area contributed by atoms with E-state index >= 15 is 0 Å². The van der Waals surface area contributed by atoms with E-state index < -0.39 is 0 Å². The number of hydrogen-bond acceptors (Lipinski definition) is 4. The molecule has 0 aliphatic rings. The fourth-order valence-corrected chi connectivity index (χ4v) is 3.08. The Hall–Kier alpha value is -3.00. The normalized spacial score (nSPS) is 10.7. The number of carbonyl (C=O) groups is 1. The van der Waals surface area contributed by atoms with Gasteiger partial charge in [0.15, 0.2) is 5.11 Å². The second-order valence-corrected chi connectivity index (χ2v) is 7.37. The first-order valence-electron chi connectivity index (χ1n) is 8.49. The number of aromatic nitrogens is 3. The Kier molecular flexibility index (Phi) is 5.44. The van der Waals surface area contributed by atoms with Crippen LogP contribution in [0, 0.1) is 0 Å². The molecule has 1 amide bonds. The Balaban J connectivity index is 1.47. The van der Waals surface area contributed by atoms with Crippen molar-refractivity contribution in [1.29, 1.82) is 0 Å². The summed E-state index contributed by atoms with van der Waals surface area (Å²) in [6.45, 7) is 0. The summed E-state index contributed by atoms with van der Waals surface area (Å²) in [6, 6.07) is 19.2. The Morgan fingerprint density at radius 1 is 0.862 bits per heavy atom. The minimum atomic E-state index is -0.325.